The van der Waals surface area contributed by atoms with E-state index in [9.17, 15) is 9.50 Å². The molecule has 1 heterocycles. The highest BCUT2D eigenvalue weighted by atomic mass is 19.1. The monoisotopic (exact) mass is 372 g/mol. The molecule has 0 bridgehead atoms. The van der Waals surface area contributed by atoms with Crippen LogP contribution in [0.15, 0.2) is 36.4 Å². The topological polar surface area (TPSA) is 44.7 Å². The zero-order chi connectivity index (χ0) is 19.4. The van der Waals surface area contributed by atoms with E-state index in [1.807, 2.05) is 13.0 Å². The molecule has 27 heavy (non-hydrogen) atoms. The summed E-state index contributed by atoms with van der Waals surface area (Å²) in [5.74, 6) is 1.04. The van der Waals surface area contributed by atoms with Gasteiger partial charge in [-0.15, -0.1) is 0 Å². The van der Waals surface area contributed by atoms with E-state index in [0.717, 1.165) is 55.2 Å². The first-order valence-electron chi connectivity index (χ1n) is 9.62. The summed E-state index contributed by atoms with van der Waals surface area (Å²) < 4.78 is 19.9. The van der Waals surface area contributed by atoms with Gasteiger partial charge < -0.3 is 15.2 Å². The van der Waals surface area contributed by atoms with E-state index in [0.29, 0.717) is 0 Å². The third-order valence-corrected chi connectivity index (χ3v) is 5.10. The van der Waals surface area contributed by atoms with Crippen LogP contribution in [0, 0.1) is 12.7 Å². The number of phenols is 1. The van der Waals surface area contributed by atoms with Crippen LogP contribution < -0.4 is 10.1 Å². The summed E-state index contributed by atoms with van der Waals surface area (Å²) >= 11 is 0. The predicted octanol–water partition coefficient (Wildman–Crippen LogP) is 3.99. The summed E-state index contributed by atoms with van der Waals surface area (Å²) in [6.45, 7) is 10.6. The smallest absolute Gasteiger partial charge is 0.136 e. The zero-order valence-corrected chi connectivity index (χ0v) is 16.3. The van der Waals surface area contributed by atoms with Crippen LogP contribution in [0.5, 0.6) is 11.5 Å². The molecule has 1 unspecified atom stereocenters. The standard InChI is InChI=1S/C22H29FN2O2/c1-15(2)19-13-20(26)16(3)12-21(19)27-22(14-25-10-8-24-9-11-25)17-4-6-18(23)7-5-17/h4-7,12-13,15,22,24,26H,8-11,14H2,1-3H3. The molecular weight excluding hydrogens is 343 g/mol. The number of aryl methyl sites for hydroxylation is 1. The molecule has 146 valence electrons. The Kier molecular flexibility index (Phi) is 6.34. The van der Waals surface area contributed by atoms with E-state index >= 15 is 0 Å². The van der Waals surface area contributed by atoms with Crippen molar-refractivity contribution >= 4 is 0 Å². The molecule has 1 aliphatic heterocycles. The van der Waals surface area contributed by atoms with Crippen LogP contribution in [0.2, 0.25) is 0 Å². The van der Waals surface area contributed by atoms with Crippen molar-refractivity contribution in [1.82, 2.24) is 10.2 Å². The molecule has 3 rings (SSSR count). The number of ether oxygens (including phenoxy) is 1. The highest BCUT2D eigenvalue weighted by molar-refractivity contribution is 5.47. The van der Waals surface area contributed by atoms with Gasteiger partial charge in [-0.1, -0.05) is 26.0 Å². The van der Waals surface area contributed by atoms with E-state index in [1.54, 1.807) is 18.2 Å². The largest absolute Gasteiger partial charge is 0.508 e. The molecule has 0 saturated carbocycles. The van der Waals surface area contributed by atoms with Gasteiger partial charge in [-0.05, 0) is 48.2 Å². The minimum atomic E-state index is -0.247. The van der Waals surface area contributed by atoms with Crippen molar-refractivity contribution in [2.24, 2.45) is 0 Å². The van der Waals surface area contributed by atoms with Gasteiger partial charge in [-0.3, -0.25) is 4.90 Å². The van der Waals surface area contributed by atoms with Crippen molar-refractivity contribution in [2.75, 3.05) is 32.7 Å². The van der Waals surface area contributed by atoms with E-state index in [2.05, 4.69) is 24.1 Å². The van der Waals surface area contributed by atoms with Gasteiger partial charge in [0.05, 0.1) is 0 Å². The van der Waals surface area contributed by atoms with Crippen molar-refractivity contribution in [3.63, 3.8) is 0 Å². The van der Waals surface area contributed by atoms with Crippen molar-refractivity contribution in [3.05, 3.63) is 58.9 Å². The molecule has 2 N–H and O–H groups in total. The molecule has 1 aliphatic rings. The van der Waals surface area contributed by atoms with Crippen molar-refractivity contribution in [1.29, 1.82) is 0 Å². The number of nitrogens with one attached hydrogen (secondary N) is 1. The molecule has 2 aromatic rings. The Balaban J connectivity index is 1.90. The van der Waals surface area contributed by atoms with Crippen LogP contribution in [-0.4, -0.2) is 42.7 Å². The molecule has 1 atom stereocenters. The lowest BCUT2D eigenvalue weighted by Gasteiger charge is -2.32. The van der Waals surface area contributed by atoms with E-state index in [-0.39, 0.29) is 23.6 Å². The first-order valence-corrected chi connectivity index (χ1v) is 9.62. The van der Waals surface area contributed by atoms with Crippen molar-refractivity contribution < 1.29 is 14.2 Å². The second-order valence-corrected chi connectivity index (χ2v) is 7.54. The minimum Gasteiger partial charge on any atom is -0.508 e. The van der Waals surface area contributed by atoms with Gasteiger partial charge >= 0.3 is 0 Å². The molecule has 0 aliphatic carbocycles. The van der Waals surface area contributed by atoms with Gasteiger partial charge in [0.1, 0.15) is 23.4 Å². The SMILES string of the molecule is Cc1cc(OC(CN2CCNCC2)c2ccc(F)cc2)c(C(C)C)cc1O. The molecule has 1 saturated heterocycles. The first kappa shape index (κ1) is 19.6. The Labute approximate surface area is 161 Å². The Morgan fingerprint density at radius 3 is 2.44 bits per heavy atom. The van der Waals surface area contributed by atoms with Gasteiger partial charge in [0, 0.05) is 38.3 Å². The lowest BCUT2D eigenvalue weighted by atomic mass is 9.99. The maximum Gasteiger partial charge on any atom is 0.136 e. The average molecular weight is 372 g/mol. The summed E-state index contributed by atoms with van der Waals surface area (Å²) in [6, 6.07) is 10.2. The summed E-state index contributed by atoms with van der Waals surface area (Å²) in [7, 11) is 0. The van der Waals surface area contributed by atoms with Crippen LogP contribution in [0.3, 0.4) is 0 Å². The lowest BCUT2D eigenvalue weighted by Crippen LogP contribution is -2.45. The Morgan fingerprint density at radius 2 is 1.81 bits per heavy atom. The quantitative estimate of drug-likeness (QED) is 0.805. The normalized spacial score (nSPS) is 16.5. The van der Waals surface area contributed by atoms with Crippen molar-refractivity contribution in [2.45, 2.75) is 32.8 Å². The van der Waals surface area contributed by atoms with Crippen molar-refractivity contribution in [3.8, 4) is 11.5 Å². The fraction of sp³-hybridized carbons (Fsp3) is 0.455. The van der Waals surface area contributed by atoms with Gasteiger partial charge in [-0.2, -0.15) is 0 Å². The molecule has 0 amide bonds. The van der Waals surface area contributed by atoms with E-state index < -0.39 is 0 Å². The second-order valence-electron chi connectivity index (χ2n) is 7.54. The molecular formula is C22H29FN2O2. The summed E-state index contributed by atoms with van der Waals surface area (Å²) in [5.41, 5.74) is 2.72. The first-order chi connectivity index (χ1) is 12.9. The number of rotatable bonds is 6. The van der Waals surface area contributed by atoms with Crippen LogP contribution >= 0.6 is 0 Å². The predicted molar refractivity (Wildman–Crippen MR) is 106 cm³/mol. The number of benzene rings is 2. The Morgan fingerprint density at radius 1 is 1.15 bits per heavy atom. The van der Waals surface area contributed by atoms with Gasteiger partial charge in [0.2, 0.25) is 0 Å². The third kappa shape index (κ3) is 4.99. The number of hydrogen-bond donors (Lipinski definition) is 2. The molecule has 4 nitrogen and oxygen atoms in total. The highest BCUT2D eigenvalue weighted by Crippen LogP contribution is 2.35. The van der Waals surface area contributed by atoms with Crippen LogP contribution in [-0.2, 0) is 0 Å². The zero-order valence-electron chi connectivity index (χ0n) is 16.3. The lowest BCUT2D eigenvalue weighted by molar-refractivity contribution is 0.122. The number of aromatic hydroxyl groups is 1. The van der Waals surface area contributed by atoms with Gasteiger partial charge in [-0.25, -0.2) is 4.39 Å². The molecule has 0 spiro atoms. The average Bonchev–Trinajstić information content (AvgIpc) is 2.65. The van der Waals surface area contributed by atoms with E-state index in [1.165, 1.54) is 12.1 Å². The summed E-state index contributed by atoms with van der Waals surface area (Å²) in [6.07, 6.45) is -0.204. The fourth-order valence-electron chi connectivity index (χ4n) is 3.41. The number of halogens is 1. The van der Waals surface area contributed by atoms with Crippen LogP contribution in [0.4, 0.5) is 4.39 Å². The second kappa shape index (κ2) is 8.72. The van der Waals surface area contributed by atoms with Crippen LogP contribution in [0.1, 0.15) is 42.6 Å². The maximum atomic E-state index is 13.4. The number of piperazine rings is 1. The van der Waals surface area contributed by atoms with Gasteiger partial charge in [0.25, 0.3) is 0 Å². The van der Waals surface area contributed by atoms with E-state index in [4.69, 9.17) is 4.74 Å². The summed E-state index contributed by atoms with van der Waals surface area (Å²) in [4.78, 5) is 2.37. The number of hydrogen-bond acceptors (Lipinski definition) is 4. The number of phenolic OH excluding ortho intramolecular Hbond substituents is 1. The number of nitrogens with zero attached hydrogens (tertiary/aromatic N) is 1. The minimum absolute atomic E-state index is 0.204. The highest BCUT2D eigenvalue weighted by Gasteiger charge is 2.22. The molecule has 0 radical (unpaired) electrons. The van der Waals surface area contributed by atoms with Gasteiger partial charge in [0.15, 0.2) is 0 Å². The maximum absolute atomic E-state index is 13.4. The molecule has 0 aromatic heterocycles. The third-order valence-electron chi connectivity index (χ3n) is 5.10. The Hall–Kier alpha value is -2.11. The molecule has 1 fully saturated rings. The Bertz CT molecular complexity index is 756. The molecule has 5 heteroatoms. The summed E-state index contributed by atoms with van der Waals surface area (Å²) in [5, 5.41) is 13.5. The molecule has 2 aromatic carbocycles. The fourth-order valence-corrected chi connectivity index (χ4v) is 3.41. The van der Waals surface area contributed by atoms with Crippen LogP contribution in [0.25, 0.3) is 0 Å².